The van der Waals surface area contributed by atoms with Crippen LogP contribution in [0.1, 0.15) is 69.8 Å². The van der Waals surface area contributed by atoms with Crippen molar-refractivity contribution in [1.82, 2.24) is 0 Å². The lowest BCUT2D eigenvalue weighted by Crippen LogP contribution is -2.40. The van der Waals surface area contributed by atoms with E-state index in [1.165, 1.54) is 0 Å². The van der Waals surface area contributed by atoms with E-state index in [1.54, 1.807) is 65.8 Å². The van der Waals surface area contributed by atoms with Crippen molar-refractivity contribution in [3.05, 3.63) is 71.8 Å². The van der Waals surface area contributed by atoms with Crippen molar-refractivity contribution in [1.29, 1.82) is 0 Å². The fourth-order valence-corrected chi connectivity index (χ4v) is 3.23. The Hall–Kier alpha value is -2.95. The molecule has 166 valence electrons. The fourth-order valence-electron chi connectivity index (χ4n) is 3.23. The maximum absolute atomic E-state index is 13.2. The molecule has 2 rings (SSSR count). The molecule has 0 aromatic heterocycles. The summed E-state index contributed by atoms with van der Waals surface area (Å²) in [6.45, 7) is 10.4. The monoisotopic (exact) mass is 424 g/mol. The molecule has 0 aliphatic rings. The second kappa shape index (κ2) is 9.90. The van der Waals surface area contributed by atoms with Crippen molar-refractivity contribution < 1.29 is 23.9 Å². The van der Waals surface area contributed by atoms with E-state index in [0.29, 0.717) is 11.1 Å². The van der Waals surface area contributed by atoms with Gasteiger partial charge in [-0.05, 0) is 47.1 Å². The predicted molar refractivity (Wildman–Crippen MR) is 120 cm³/mol. The summed E-state index contributed by atoms with van der Waals surface area (Å²) in [5.74, 6) is -3.55. The first kappa shape index (κ1) is 24.3. The molecule has 0 saturated carbocycles. The number of ketones is 1. The Bertz CT molecular complexity index is 861. The first-order chi connectivity index (χ1) is 14.4. The molecule has 2 aromatic rings. The van der Waals surface area contributed by atoms with Crippen LogP contribution in [-0.4, -0.2) is 28.9 Å². The average Bonchev–Trinajstić information content (AvgIpc) is 2.66. The third-order valence-corrected chi connectivity index (χ3v) is 4.45. The Kier molecular flexibility index (Phi) is 7.77. The molecule has 0 amide bonds. The lowest BCUT2D eigenvalue weighted by molar-refractivity contribution is -0.175. The lowest BCUT2D eigenvalue weighted by atomic mass is 9.81. The Balaban J connectivity index is 2.49. The van der Waals surface area contributed by atoms with Gasteiger partial charge in [0.25, 0.3) is 0 Å². The van der Waals surface area contributed by atoms with E-state index in [4.69, 9.17) is 9.47 Å². The zero-order valence-corrected chi connectivity index (χ0v) is 19.2. The predicted octanol–water partition coefficient (Wildman–Crippen LogP) is 5.34. The molecule has 0 aliphatic carbocycles. The van der Waals surface area contributed by atoms with E-state index in [2.05, 4.69) is 0 Å². The van der Waals surface area contributed by atoms with E-state index in [-0.39, 0.29) is 12.2 Å². The zero-order chi connectivity index (χ0) is 23.2. The van der Waals surface area contributed by atoms with Gasteiger partial charge in [0, 0.05) is 17.9 Å². The quantitative estimate of drug-likeness (QED) is 0.341. The molecule has 0 N–H and O–H groups in total. The van der Waals surface area contributed by atoms with Gasteiger partial charge in [0.1, 0.15) is 11.2 Å². The van der Waals surface area contributed by atoms with Crippen molar-refractivity contribution in [3.8, 4) is 0 Å². The van der Waals surface area contributed by atoms with Crippen molar-refractivity contribution in [2.24, 2.45) is 5.92 Å². The van der Waals surface area contributed by atoms with Crippen molar-refractivity contribution in [2.45, 2.75) is 65.1 Å². The molecule has 0 fully saturated rings. The summed E-state index contributed by atoms with van der Waals surface area (Å²) in [6.07, 6.45) is -0.0306. The van der Waals surface area contributed by atoms with E-state index in [0.717, 1.165) is 0 Å². The molecule has 0 aliphatic heterocycles. The normalized spacial score (nSPS) is 12.9. The first-order valence-corrected chi connectivity index (χ1v) is 10.5. The summed E-state index contributed by atoms with van der Waals surface area (Å²) in [6, 6.07) is 17.9. The Morgan fingerprint density at radius 1 is 0.710 bits per heavy atom. The fraction of sp³-hybridized carbons (Fsp3) is 0.423. The summed E-state index contributed by atoms with van der Waals surface area (Å²) >= 11 is 0. The number of ether oxygens (including phenoxy) is 2. The number of hydrogen-bond acceptors (Lipinski definition) is 5. The van der Waals surface area contributed by atoms with Crippen molar-refractivity contribution in [2.75, 3.05) is 0 Å². The number of hydrogen-bond donors (Lipinski definition) is 0. The highest BCUT2D eigenvalue weighted by Gasteiger charge is 2.42. The maximum Gasteiger partial charge on any atom is 0.321 e. The van der Waals surface area contributed by atoms with Crippen LogP contribution in [0.15, 0.2) is 60.7 Å². The SMILES string of the molecule is CC(C)(C)OC(=O)C(C(=O)OC(C)(C)C)[C@H](CC(=O)c1ccccc1)c1ccccc1. The summed E-state index contributed by atoms with van der Waals surface area (Å²) in [4.78, 5) is 39.4. The maximum atomic E-state index is 13.2. The Labute approximate surface area is 184 Å². The van der Waals surface area contributed by atoms with Crippen molar-refractivity contribution in [3.63, 3.8) is 0 Å². The number of Topliss-reactive ketones (excluding diaryl/α,β-unsaturated/α-hetero) is 1. The second-order valence-electron chi connectivity index (χ2n) is 9.56. The van der Waals surface area contributed by atoms with Gasteiger partial charge in [0.05, 0.1) is 0 Å². The highest BCUT2D eigenvalue weighted by atomic mass is 16.6. The first-order valence-electron chi connectivity index (χ1n) is 10.5. The number of benzene rings is 2. The average molecular weight is 425 g/mol. The Morgan fingerprint density at radius 2 is 1.13 bits per heavy atom. The third-order valence-electron chi connectivity index (χ3n) is 4.45. The summed E-state index contributed by atoms with van der Waals surface area (Å²) in [5.41, 5.74) is -0.353. The molecular weight excluding hydrogens is 392 g/mol. The molecule has 0 unspecified atom stereocenters. The van der Waals surface area contributed by atoms with Crippen molar-refractivity contribution >= 4 is 17.7 Å². The van der Waals surface area contributed by atoms with E-state index >= 15 is 0 Å². The molecule has 0 spiro atoms. The molecule has 0 bridgehead atoms. The molecule has 31 heavy (non-hydrogen) atoms. The lowest BCUT2D eigenvalue weighted by Gasteiger charge is -2.30. The number of carbonyl (C=O) groups is 3. The molecule has 5 nitrogen and oxygen atoms in total. The van der Waals surface area contributed by atoms with Gasteiger partial charge in [-0.25, -0.2) is 0 Å². The van der Waals surface area contributed by atoms with Crippen LogP contribution in [0.3, 0.4) is 0 Å². The minimum atomic E-state index is -1.27. The molecule has 0 radical (unpaired) electrons. The van der Waals surface area contributed by atoms with Crippen LogP contribution in [0.4, 0.5) is 0 Å². The molecule has 2 aromatic carbocycles. The van der Waals surface area contributed by atoms with Crippen LogP contribution >= 0.6 is 0 Å². The largest absolute Gasteiger partial charge is 0.459 e. The van der Waals surface area contributed by atoms with Gasteiger partial charge < -0.3 is 9.47 Å². The van der Waals surface area contributed by atoms with Crippen LogP contribution in [0, 0.1) is 5.92 Å². The van der Waals surface area contributed by atoms with E-state index < -0.39 is 35.0 Å². The van der Waals surface area contributed by atoms with Gasteiger partial charge in [0.2, 0.25) is 0 Å². The van der Waals surface area contributed by atoms with Gasteiger partial charge >= 0.3 is 11.9 Å². The van der Waals surface area contributed by atoms with Crippen LogP contribution in [-0.2, 0) is 19.1 Å². The highest BCUT2D eigenvalue weighted by Crippen LogP contribution is 2.33. The number of esters is 2. The standard InChI is InChI=1S/C26H32O5/c1-25(2,3)30-23(28)22(24(29)31-26(4,5)6)20(18-13-9-7-10-14-18)17-21(27)19-15-11-8-12-16-19/h7-16,20,22H,17H2,1-6H3/t20-/m1/s1. The van der Waals surface area contributed by atoms with Gasteiger partial charge in [-0.2, -0.15) is 0 Å². The molecule has 1 atom stereocenters. The van der Waals surface area contributed by atoms with Gasteiger partial charge in [-0.3, -0.25) is 14.4 Å². The smallest absolute Gasteiger partial charge is 0.321 e. The number of carbonyl (C=O) groups excluding carboxylic acids is 3. The van der Waals surface area contributed by atoms with Crippen LogP contribution in [0.25, 0.3) is 0 Å². The minimum absolute atomic E-state index is 0.0306. The molecule has 5 heteroatoms. The van der Waals surface area contributed by atoms with E-state index in [9.17, 15) is 14.4 Å². The van der Waals surface area contributed by atoms with Crippen LogP contribution in [0.2, 0.25) is 0 Å². The minimum Gasteiger partial charge on any atom is -0.459 e. The van der Waals surface area contributed by atoms with Gasteiger partial charge in [0.15, 0.2) is 11.7 Å². The second-order valence-corrected chi connectivity index (χ2v) is 9.56. The summed E-state index contributed by atoms with van der Waals surface area (Å²) < 4.78 is 11.1. The Morgan fingerprint density at radius 3 is 1.55 bits per heavy atom. The molecule has 0 heterocycles. The highest BCUT2D eigenvalue weighted by molar-refractivity contribution is 6.00. The zero-order valence-electron chi connectivity index (χ0n) is 19.2. The molecule has 0 saturated heterocycles. The number of rotatable bonds is 7. The van der Waals surface area contributed by atoms with Crippen LogP contribution < -0.4 is 0 Å². The van der Waals surface area contributed by atoms with Gasteiger partial charge in [-0.1, -0.05) is 60.7 Å². The summed E-state index contributed by atoms with van der Waals surface area (Å²) in [7, 11) is 0. The van der Waals surface area contributed by atoms with Gasteiger partial charge in [-0.15, -0.1) is 0 Å². The van der Waals surface area contributed by atoms with E-state index in [1.807, 2.05) is 36.4 Å². The summed E-state index contributed by atoms with van der Waals surface area (Å²) in [5, 5.41) is 0. The van der Waals surface area contributed by atoms with Crippen LogP contribution in [0.5, 0.6) is 0 Å². The topological polar surface area (TPSA) is 69.7 Å². The molecular formula is C26H32O5. The third kappa shape index (κ3) is 7.67.